The molecule has 0 atom stereocenters. The van der Waals surface area contributed by atoms with Crippen molar-refractivity contribution in [1.82, 2.24) is 44.3 Å². The van der Waals surface area contributed by atoms with Crippen molar-refractivity contribution >= 4 is 95.4 Å². The number of nitrogens with zero attached hydrogens (tertiary/aromatic N) is 9. The van der Waals surface area contributed by atoms with Gasteiger partial charge in [0.05, 0.1) is 52.8 Å². The summed E-state index contributed by atoms with van der Waals surface area (Å²) in [7, 11) is 0. The second-order valence-electron chi connectivity index (χ2n) is 17.0. The Bertz CT molecular complexity index is 2380. The van der Waals surface area contributed by atoms with Gasteiger partial charge in [-0.25, -0.2) is 15.0 Å². The second-order valence-corrected chi connectivity index (χ2v) is 33.1. The van der Waals surface area contributed by atoms with Gasteiger partial charge in [0.25, 0.3) is 0 Å². The van der Waals surface area contributed by atoms with Gasteiger partial charge in [-0.05, 0) is 127 Å². The van der Waals surface area contributed by atoms with E-state index >= 15 is 0 Å². The van der Waals surface area contributed by atoms with Crippen molar-refractivity contribution in [2.45, 2.75) is 152 Å². The van der Waals surface area contributed by atoms with Crippen LogP contribution in [-0.4, -0.2) is 62.7 Å². The molecule has 0 saturated heterocycles. The largest absolute Gasteiger partial charge is 0.269 e. The molecule has 3 aliphatic rings. The normalized spacial score (nSPS) is 13.6. The fraction of sp³-hybridized carbons (Fsp3) is 0.500. The van der Waals surface area contributed by atoms with Crippen LogP contribution >= 0.6 is 73.3 Å². The van der Waals surface area contributed by atoms with Gasteiger partial charge in [0.15, 0.2) is 0 Å². The third-order valence-electron chi connectivity index (χ3n) is 12.2. The number of halogens is 5. The fourth-order valence-corrected chi connectivity index (χ4v) is 25.6. The molecular formula is C48H62BrCl3IN9Sn. The van der Waals surface area contributed by atoms with Crippen LogP contribution < -0.4 is 3.71 Å². The Kier molecular flexibility index (Phi) is 19.3. The number of fused-ring (bicyclic) bond motifs is 3. The first-order valence-electron chi connectivity index (χ1n) is 22.8. The third kappa shape index (κ3) is 13.1. The smallest absolute Gasteiger partial charge is 0.124 e. The molecule has 63 heavy (non-hydrogen) atoms. The van der Waals surface area contributed by atoms with E-state index in [4.69, 9.17) is 39.9 Å². The summed E-state index contributed by atoms with van der Waals surface area (Å²) in [5.41, 5.74) is 10.5. The predicted octanol–water partition coefficient (Wildman–Crippen LogP) is 14.0. The standard InChI is InChI=1S/C12H11ClIN3.C12H12ClN3.C6H5BrClN.C6H7N2.3C4H9.Sn/c1-7-8(13)4-5-9(15-7)12-11(14)10-3-2-6-17(10)16-12;1-8-10(13)4-5-11(14-8)12-7-9-3-2-6-16(9)15-12;1-4-5(8)2-3-6(7)9-4;1-2-6-3-4-7-8(6)5-1;3*1-3-4-2;/h4-5H,2-3,6H2,1H3;4-5,7H,2-3,6H2,1H3;2-3H,1H3;3H,1-2,5H2;3*1,3-4H2,2H3;. The van der Waals surface area contributed by atoms with E-state index in [9.17, 15) is 0 Å². The van der Waals surface area contributed by atoms with Crippen LogP contribution in [-0.2, 0) is 38.9 Å². The van der Waals surface area contributed by atoms with Crippen molar-refractivity contribution in [3.8, 4) is 22.8 Å². The van der Waals surface area contributed by atoms with Crippen molar-refractivity contribution in [3.05, 3.63) is 106 Å². The summed E-state index contributed by atoms with van der Waals surface area (Å²) in [6, 6.07) is 15.9. The van der Waals surface area contributed by atoms with Gasteiger partial charge in [0, 0.05) is 18.8 Å². The fourth-order valence-electron chi connectivity index (χ4n) is 8.54. The minimum absolute atomic E-state index is 0.704. The van der Waals surface area contributed by atoms with Crippen LogP contribution in [0.2, 0.25) is 28.4 Å². The first-order chi connectivity index (χ1) is 30.4. The van der Waals surface area contributed by atoms with E-state index in [-0.39, 0.29) is 0 Å². The van der Waals surface area contributed by atoms with Crippen molar-refractivity contribution in [1.29, 1.82) is 0 Å². The van der Waals surface area contributed by atoms with Crippen LogP contribution in [0.1, 0.15) is 113 Å². The minimum atomic E-state index is -2.24. The van der Waals surface area contributed by atoms with Gasteiger partial charge in [-0.15, -0.1) is 0 Å². The molecule has 338 valence electrons. The van der Waals surface area contributed by atoms with Crippen LogP contribution in [0.5, 0.6) is 0 Å². The third-order valence-corrected chi connectivity index (χ3v) is 30.0. The number of hydrogen-bond acceptors (Lipinski definition) is 6. The van der Waals surface area contributed by atoms with Crippen LogP contribution in [0.25, 0.3) is 22.8 Å². The number of aryl methyl sites for hydroxylation is 8. The van der Waals surface area contributed by atoms with Gasteiger partial charge in [0.2, 0.25) is 0 Å². The quantitative estimate of drug-likeness (QED) is 0.0689. The molecule has 0 saturated carbocycles. The maximum Gasteiger partial charge on any atom is 0.124 e. The van der Waals surface area contributed by atoms with Crippen molar-refractivity contribution in [3.63, 3.8) is 0 Å². The molecule has 6 aromatic heterocycles. The topological polar surface area (TPSA) is 92.1 Å². The Morgan fingerprint density at radius 3 is 1.59 bits per heavy atom. The van der Waals surface area contributed by atoms with Gasteiger partial charge in [0.1, 0.15) is 16.0 Å². The minimum Gasteiger partial charge on any atom is -0.269 e. The first-order valence-corrected chi connectivity index (χ1v) is 33.3. The summed E-state index contributed by atoms with van der Waals surface area (Å²) >= 11 is 21.0. The van der Waals surface area contributed by atoms with E-state index in [1.807, 2.05) is 57.2 Å². The zero-order chi connectivity index (χ0) is 45.1. The van der Waals surface area contributed by atoms with E-state index in [1.54, 1.807) is 17.0 Å². The molecule has 0 aromatic carbocycles. The number of pyridine rings is 3. The molecule has 3 aliphatic heterocycles. The number of rotatable bonds is 12. The Balaban J connectivity index is 0.000000144. The van der Waals surface area contributed by atoms with Gasteiger partial charge < -0.3 is 0 Å². The number of hydrogen-bond donors (Lipinski definition) is 0. The molecule has 0 amide bonds. The molecule has 9 nitrogen and oxygen atoms in total. The summed E-state index contributed by atoms with van der Waals surface area (Å²) in [5, 5.41) is 16.4. The maximum atomic E-state index is 5.99. The average molecular weight is 1200 g/mol. The molecule has 0 aliphatic carbocycles. The predicted molar refractivity (Wildman–Crippen MR) is 277 cm³/mol. The summed E-state index contributed by atoms with van der Waals surface area (Å²) in [4.78, 5) is 13.0. The van der Waals surface area contributed by atoms with Crippen molar-refractivity contribution in [2.24, 2.45) is 0 Å². The van der Waals surface area contributed by atoms with Gasteiger partial charge in [-0.2, -0.15) is 10.2 Å². The van der Waals surface area contributed by atoms with E-state index in [0.29, 0.717) is 15.1 Å². The Morgan fingerprint density at radius 2 is 1.08 bits per heavy atom. The molecule has 9 rings (SSSR count). The maximum absolute atomic E-state index is 5.99. The summed E-state index contributed by atoms with van der Waals surface area (Å²) in [5.74, 6) is 0. The summed E-state index contributed by atoms with van der Waals surface area (Å²) in [6.45, 7) is 16.0. The Morgan fingerprint density at radius 1 is 0.587 bits per heavy atom. The van der Waals surface area contributed by atoms with E-state index in [1.165, 1.54) is 91.4 Å². The van der Waals surface area contributed by atoms with E-state index in [2.05, 4.69) is 111 Å². The van der Waals surface area contributed by atoms with Crippen LogP contribution in [0.15, 0.2) is 53.1 Å². The zero-order valence-corrected chi connectivity index (χ0v) is 46.6. The summed E-state index contributed by atoms with van der Waals surface area (Å²) in [6.07, 6.45) is 15.6. The molecule has 0 spiro atoms. The molecule has 0 N–H and O–H groups in total. The second kappa shape index (κ2) is 24.1. The zero-order valence-electron chi connectivity index (χ0n) is 37.8. The molecule has 0 bridgehead atoms. The van der Waals surface area contributed by atoms with Crippen LogP contribution in [0.4, 0.5) is 0 Å². The summed E-state index contributed by atoms with van der Waals surface area (Å²) < 4.78 is 14.8. The van der Waals surface area contributed by atoms with Crippen molar-refractivity contribution < 1.29 is 0 Å². The molecule has 0 unspecified atom stereocenters. The van der Waals surface area contributed by atoms with Crippen LogP contribution in [0, 0.1) is 24.3 Å². The van der Waals surface area contributed by atoms with Crippen molar-refractivity contribution in [2.75, 3.05) is 0 Å². The number of unbranched alkanes of at least 4 members (excludes halogenated alkanes) is 3. The molecular weight excluding hydrogens is 1130 g/mol. The van der Waals surface area contributed by atoms with Crippen LogP contribution in [0.3, 0.4) is 0 Å². The van der Waals surface area contributed by atoms with E-state index < -0.39 is 18.4 Å². The van der Waals surface area contributed by atoms with Gasteiger partial charge >= 0.3 is 136 Å². The van der Waals surface area contributed by atoms with E-state index in [0.717, 1.165) is 70.4 Å². The molecule has 15 heteroatoms. The molecule has 9 heterocycles. The number of aromatic nitrogens is 9. The molecule has 0 fully saturated rings. The average Bonchev–Trinajstić information content (AvgIpc) is 4.13. The first kappa shape index (κ1) is 50.4. The monoisotopic (exact) mass is 1200 g/mol. The molecule has 6 aromatic rings. The molecule has 0 radical (unpaired) electrons. The van der Waals surface area contributed by atoms with Gasteiger partial charge in [-0.1, -0.05) is 34.8 Å². The SMILES string of the molecule is CCC[CH2][Sn]([CH2]CCC)([CH2]CCC)[c]1cc2n(n1)CCC2.Cc1nc(-c2cc3n(n2)CCC3)ccc1Cl.Cc1nc(-c2nn3c(c2I)CCC3)ccc1Cl.Cc1nc(Br)ccc1Cl. The van der Waals surface area contributed by atoms with Gasteiger partial charge in [-0.3, -0.25) is 9.36 Å². The Hall–Kier alpha value is -2.04. The Labute approximate surface area is 416 Å².